The van der Waals surface area contributed by atoms with Gasteiger partial charge >= 0.3 is 0 Å². The van der Waals surface area contributed by atoms with Crippen LogP contribution in [0.5, 0.6) is 0 Å². The summed E-state index contributed by atoms with van der Waals surface area (Å²) in [5.74, 6) is 0.484. The van der Waals surface area contributed by atoms with Crippen molar-refractivity contribution in [3.05, 3.63) is 24.3 Å². The molecule has 1 rings (SSSR count). The molecular formula is C15H27N3O2S. The molecule has 6 heteroatoms. The third kappa shape index (κ3) is 4.98. The quantitative estimate of drug-likeness (QED) is 0.836. The Balaban J connectivity index is 2.87. The minimum Gasteiger partial charge on any atom is -0.381 e. The van der Waals surface area contributed by atoms with Gasteiger partial charge in [0.1, 0.15) is 0 Å². The Morgan fingerprint density at radius 3 is 1.95 bits per heavy atom. The summed E-state index contributed by atoms with van der Waals surface area (Å²) in [5.41, 5.74) is 0.938. The number of nitrogens with one attached hydrogen (secondary N) is 1. The first kappa shape index (κ1) is 17.9. The Morgan fingerprint density at radius 2 is 1.57 bits per heavy atom. The van der Waals surface area contributed by atoms with Gasteiger partial charge < -0.3 is 10.2 Å². The molecule has 0 amide bonds. The van der Waals surface area contributed by atoms with Gasteiger partial charge in [-0.3, -0.25) is 0 Å². The molecule has 0 aliphatic heterocycles. The molecule has 0 saturated carbocycles. The molecule has 120 valence electrons. The molecule has 0 radical (unpaired) electrons. The zero-order valence-corrected chi connectivity index (χ0v) is 14.6. The van der Waals surface area contributed by atoms with Crippen LogP contribution in [0.2, 0.25) is 0 Å². The van der Waals surface area contributed by atoms with Crippen LogP contribution in [0.1, 0.15) is 13.8 Å². The number of nitrogens with zero attached hydrogens (tertiary/aromatic N) is 2. The van der Waals surface area contributed by atoms with Crippen LogP contribution in [0.15, 0.2) is 29.2 Å². The lowest BCUT2D eigenvalue weighted by molar-refractivity contribution is 0.344. The molecule has 0 aliphatic carbocycles. The Kier molecular flexibility index (Phi) is 6.19. The Labute approximate surface area is 129 Å². The number of anilines is 1. The highest BCUT2D eigenvalue weighted by Gasteiger charge is 2.18. The molecule has 1 atom stereocenters. The van der Waals surface area contributed by atoms with Crippen molar-refractivity contribution in [3.8, 4) is 0 Å². The number of rotatable bonds is 7. The molecule has 0 heterocycles. The van der Waals surface area contributed by atoms with Crippen molar-refractivity contribution in [2.24, 2.45) is 5.92 Å². The van der Waals surface area contributed by atoms with Crippen LogP contribution in [0, 0.1) is 5.92 Å². The van der Waals surface area contributed by atoms with Crippen molar-refractivity contribution >= 4 is 15.7 Å². The first-order valence-electron chi connectivity index (χ1n) is 7.08. The van der Waals surface area contributed by atoms with Crippen molar-refractivity contribution in [1.82, 2.24) is 9.21 Å². The predicted octanol–water partition coefficient (Wildman–Crippen LogP) is 1.93. The predicted molar refractivity (Wildman–Crippen MR) is 88.1 cm³/mol. The largest absolute Gasteiger partial charge is 0.381 e. The van der Waals surface area contributed by atoms with Crippen LogP contribution in [0.25, 0.3) is 0 Å². The lowest BCUT2D eigenvalue weighted by Crippen LogP contribution is -2.36. The molecule has 1 aromatic rings. The van der Waals surface area contributed by atoms with E-state index in [4.69, 9.17) is 0 Å². The van der Waals surface area contributed by atoms with E-state index in [1.807, 2.05) is 26.2 Å². The fourth-order valence-electron chi connectivity index (χ4n) is 1.96. The van der Waals surface area contributed by atoms with Crippen LogP contribution in [-0.4, -0.2) is 58.4 Å². The van der Waals surface area contributed by atoms with Crippen LogP contribution in [0.4, 0.5) is 5.69 Å². The second-order valence-corrected chi connectivity index (χ2v) is 8.22. The summed E-state index contributed by atoms with van der Waals surface area (Å²) in [6.07, 6.45) is 0. The second kappa shape index (κ2) is 7.24. The van der Waals surface area contributed by atoms with Crippen LogP contribution in [0.3, 0.4) is 0 Å². The average molecular weight is 313 g/mol. The van der Waals surface area contributed by atoms with Crippen molar-refractivity contribution in [2.45, 2.75) is 24.8 Å². The minimum atomic E-state index is -3.36. The maximum atomic E-state index is 12.0. The summed E-state index contributed by atoms with van der Waals surface area (Å²) in [6.45, 7) is 5.27. The average Bonchev–Trinajstić information content (AvgIpc) is 2.37. The summed E-state index contributed by atoms with van der Waals surface area (Å²) in [6, 6.07) is 7.24. The van der Waals surface area contributed by atoms with Crippen molar-refractivity contribution in [1.29, 1.82) is 0 Å². The number of likely N-dealkylation sites (N-methyl/N-ethyl adjacent to an activating group) is 1. The molecule has 0 aromatic heterocycles. The van der Waals surface area contributed by atoms with Gasteiger partial charge in [-0.15, -0.1) is 0 Å². The molecule has 1 unspecified atom stereocenters. The fraction of sp³-hybridized carbons (Fsp3) is 0.600. The normalized spacial score (nSPS) is 14.0. The third-order valence-electron chi connectivity index (χ3n) is 3.35. The van der Waals surface area contributed by atoms with E-state index in [0.717, 1.165) is 12.2 Å². The Hall–Kier alpha value is -1.11. The smallest absolute Gasteiger partial charge is 0.242 e. The molecule has 21 heavy (non-hydrogen) atoms. The SMILES string of the molecule is CC(C)C(CN(C)C)Nc1ccc(S(=O)(=O)N(C)C)cc1. The van der Waals surface area contributed by atoms with Gasteiger partial charge in [-0.2, -0.15) is 0 Å². The van der Waals surface area contributed by atoms with Crippen molar-refractivity contribution in [2.75, 3.05) is 40.1 Å². The van der Waals surface area contributed by atoms with E-state index in [0.29, 0.717) is 16.9 Å². The lowest BCUT2D eigenvalue weighted by Gasteiger charge is -2.26. The van der Waals surface area contributed by atoms with E-state index in [1.165, 1.54) is 18.4 Å². The van der Waals surface area contributed by atoms with E-state index in [-0.39, 0.29) is 0 Å². The Bertz CT molecular complexity index is 537. The summed E-state index contributed by atoms with van der Waals surface area (Å²) < 4.78 is 25.3. The van der Waals surface area contributed by atoms with Gasteiger partial charge in [0, 0.05) is 32.4 Å². The molecule has 5 nitrogen and oxygen atoms in total. The monoisotopic (exact) mass is 313 g/mol. The highest BCUT2D eigenvalue weighted by Crippen LogP contribution is 2.18. The maximum Gasteiger partial charge on any atom is 0.242 e. The van der Waals surface area contributed by atoms with E-state index >= 15 is 0 Å². The highest BCUT2D eigenvalue weighted by molar-refractivity contribution is 7.89. The highest BCUT2D eigenvalue weighted by atomic mass is 32.2. The lowest BCUT2D eigenvalue weighted by atomic mass is 10.0. The molecule has 0 aliphatic rings. The van der Waals surface area contributed by atoms with Gasteiger partial charge in [0.05, 0.1) is 4.90 Å². The zero-order valence-electron chi connectivity index (χ0n) is 13.8. The summed E-state index contributed by atoms with van der Waals surface area (Å²) in [7, 11) is 3.80. The van der Waals surface area contributed by atoms with Crippen molar-refractivity contribution < 1.29 is 8.42 Å². The third-order valence-corrected chi connectivity index (χ3v) is 5.18. The number of sulfonamides is 1. The molecule has 1 aromatic carbocycles. The topological polar surface area (TPSA) is 52.7 Å². The van der Waals surface area contributed by atoms with Gasteiger partial charge in [-0.05, 0) is 44.3 Å². The fourth-order valence-corrected chi connectivity index (χ4v) is 2.87. The van der Waals surface area contributed by atoms with Gasteiger partial charge in [0.25, 0.3) is 0 Å². The van der Waals surface area contributed by atoms with Crippen LogP contribution >= 0.6 is 0 Å². The van der Waals surface area contributed by atoms with Gasteiger partial charge in [-0.25, -0.2) is 12.7 Å². The summed E-state index contributed by atoms with van der Waals surface area (Å²) in [4.78, 5) is 2.45. The summed E-state index contributed by atoms with van der Waals surface area (Å²) in [5, 5.41) is 3.47. The molecular weight excluding hydrogens is 286 g/mol. The van der Waals surface area contributed by atoms with E-state index < -0.39 is 10.0 Å². The Morgan fingerprint density at radius 1 is 1.05 bits per heavy atom. The number of benzene rings is 1. The molecule has 1 N–H and O–H groups in total. The van der Waals surface area contributed by atoms with Gasteiger partial charge in [0.2, 0.25) is 10.0 Å². The second-order valence-electron chi connectivity index (χ2n) is 6.07. The molecule has 0 spiro atoms. The zero-order chi connectivity index (χ0) is 16.2. The number of hydrogen-bond acceptors (Lipinski definition) is 4. The van der Waals surface area contributed by atoms with E-state index in [9.17, 15) is 8.42 Å². The first-order valence-corrected chi connectivity index (χ1v) is 8.52. The van der Waals surface area contributed by atoms with Crippen LogP contribution in [-0.2, 0) is 10.0 Å². The molecule has 0 fully saturated rings. The number of hydrogen-bond donors (Lipinski definition) is 1. The maximum absolute atomic E-state index is 12.0. The minimum absolute atomic E-state index is 0.312. The molecule has 0 saturated heterocycles. The van der Waals surface area contributed by atoms with E-state index in [2.05, 4.69) is 24.1 Å². The van der Waals surface area contributed by atoms with Gasteiger partial charge in [-0.1, -0.05) is 13.8 Å². The van der Waals surface area contributed by atoms with Gasteiger partial charge in [0.15, 0.2) is 0 Å². The standard InChI is InChI=1S/C15H27N3O2S/c1-12(2)15(11-17(3)4)16-13-7-9-14(10-8-13)21(19,20)18(5)6/h7-10,12,15-16H,11H2,1-6H3. The molecule has 0 bridgehead atoms. The first-order chi connectivity index (χ1) is 9.64. The van der Waals surface area contributed by atoms with Crippen molar-refractivity contribution in [3.63, 3.8) is 0 Å². The summed E-state index contributed by atoms with van der Waals surface area (Å²) >= 11 is 0. The van der Waals surface area contributed by atoms with Crippen LogP contribution < -0.4 is 5.32 Å². The van der Waals surface area contributed by atoms with E-state index in [1.54, 1.807) is 12.1 Å².